The highest BCUT2D eigenvalue weighted by Gasteiger charge is 2.19. The second kappa shape index (κ2) is 4.55. The number of ketones is 1. The van der Waals surface area contributed by atoms with Crippen molar-refractivity contribution in [3.8, 4) is 0 Å². The molecule has 0 aliphatic heterocycles. The van der Waals surface area contributed by atoms with Crippen LogP contribution in [-0.4, -0.2) is 26.6 Å². The first-order valence-electron chi connectivity index (χ1n) is 4.37. The van der Waals surface area contributed by atoms with Gasteiger partial charge >= 0.3 is 0 Å². The monoisotopic (exact) mass is 228 g/mol. The normalized spacial score (nSPS) is 13.5. The van der Waals surface area contributed by atoms with Gasteiger partial charge in [0.15, 0.2) is 5.78 Å². The molecule has 4 nitrogen and oxygen atoms in total. The average Bonchev–Trinajstić information content (AvgIpc) is 2.15. The molecule has 1 atom stereocenters. The van der Waals surface area contributed by atoms with Gasteiger partial charge in [-0.1, -0.05) is 30.3 Å². The average molecular weight is 228 g/mol. The Balaban J connectivity index is 2.79. The van der Waals surface area contributed by atoms with Gasteiger partial charge in [-0.2, -0.15) is 8.42 Å². The fourth-order valence-electron chi connectivity index (χ4n) is 1.14. The van der Waals surface area contributed by atoms with E-state index in [1.165, 1.54) is 6.92 Å². The zero-order valence-corrected chi connectivity index (χ0v) is 9.32. The SMILES string of the molecule is C[C@@H](OS(C)(=O)=O)C(=O)c1ccccc1. The Bertz CT molecular complexity index is 436. The third-order valence-corrected chi connectivity index (χ3v) is 2.38. The zero-order valence-electron chi connectivity index (χ0n) is 8.51. The molecule has 1 aromatic rings. The van der Waals surface area contributed by atoms with Gasteiger partial charge in [0, 0.05) is 5.56 Å². The lowest BCUT2D eigenvalue weighted by Crippen LogP contribution is -2.23. The molecule has 0 saturated carbocycles. The lowest BCUT2D eigenvalue weighted by Gasteiger charge is -2.09. The third kappa shape index (κ3) is 3.81. The molecule has 1 rings (SSSR count). The predicted octanol–water partition coefficient (Wildman–Crippen LogP) is 1.23. The van der Waals surface area contributed by atoms with Crippen LogP contribution in [0.1, 0.15) is 17.3 Å². The van der Waals surface area contributed by atoms with Crippen LogP contribution >= 0.6 is 0 Å². The molecule has 0 spiro atoms. The van der Waals surface area contributed by atoms with Gasteiger partial charge in [-0.05, 0) is 6.92 Å². The number of Topliss-reactive ketones (excluding diaryl/α,β-unsaturated/α-hetero) is 1. The minimum atomic E-state index is -3.60. The molecule has 0 heterocycles. The molecule has 5 heteroatoms. The van der Waals surface area contributed by atoms with Crippen molar-refractivity contribution in [2.24, 2.45) is 0 Å². The number of hydrogen-bond donors (Lipinski definition) is 0. The van der Waals surface area contributed by atoms with Crippen LogP contribution in [0.3, 0.4) is 0 Å². The topological polar surface area (TPSA) is 60.4 Å². The van der Waals surface area contributed by atoms with Crippen LogP contribution in [0.5, 0.6) is 0 Å². The van der Waals surface area contributed by atoms with Crippen molar-refractivity contribution < 1.29 is 17.4 Å². The van der Waals surface area contributed by atoms with Gasteiger partial charge in [0.1, 0.15) is 6.10 Å². The Morgan fingerprint density at radius 1 is 1.27 bits per heavy atom. The van der Waals surface area contributed by atoms with Crippen molar-refractivity contribution in [2.45, 2.75) is 13.0 Å². The molecule has 0 aliphatic carbocycles. The number of hydrogen-bond acceptors (Lipinski definition) is 4. The summed E-state index contributed by atoms with van der Waals surface area (Å²) in [6, 6.07) is 8.43. The Hall–Kier alpha value is -1.20. The van der Waals surface area contributed by atoms with Crippen molar-refractivity contribution in [3.63, 3.8) is 0 Å². The smallest absolute Gasteiger partial charge is 0.265 e. The molecule has 1 aromatic carbocycles. The van der Waals surface area contributed by atoms with Crippen LogP contribution in [0.2, 0.25) is 0 Å². The largest absolute Gasteiger partial charge is 0.291 e. The van der Waals surface area contributed by atoms with Crippen molar-refractivity contribution in [3.05, 3.63) is 35.9 Å². The number of rotatable bonds is 4. The summed E-state index contributed by atoms with van der Waals surface area (Å²) in [5.74, 6) is -0.346. The maximum absolute atomic E-state index is 11.6. The van der Waals surface area contributed by atoms with Gasteiger partial charge in [0.05, 0.1) is 6.26 Å². The minimum absolute atomic E-state index is 0.346. The summed E-state index contributed by atoms with van der Waals surface area (Å²) in [7, 11) is -3.60. The Morgan fingerprint density at radius 2 is 1.80 bits per heavy atom. The van der Waals surface area contributed by atoms with E-state index in [-0.39, 0.29) is 5.78 Å². The molecule has 82 valence electrons. The summed E-state index contributed by atoms with van der Waals surface area (Å²) in [5, 5.41) is 0. The van der Waals surface area contributed by atoms with E-state index >= 15 is 0 Å². The predicted molar refractivity (Wildman–Crippen MR) is 56.2 cm³/mol. The number of carbonyl (C=O) groups is 1. The Kier molecular flexibility index (Phi) is 3.60. The van der Waals surface area contributed by atoms with Crippen LogP contribution in [0.25, 0.3) is 0 Å². The zero-order chi connectivity index (χ0) is 11.5. The molecular formula is C10H12O4S. The van der Waals surface area contributed by atoms with Crippen LogP contribution in [0, 0.1) is 0 Å². The summed E-state index contributed by atoms with van der Waals surface area (Å²) in [6.07, 6.45) is -0.0655. The summed E-state index contributed by atoms with van der Waals surface area (Å²) in [6.45, 7) is 1.41. The highest BCUT2D eigenvalue weighted by atomic mass is 32.2. The quantitative estimate of drug-likeness (QED) is 0.574. The third-order valence-electron chi connectivity index (χ3n) is 1.75. The molecule has 0 radical (unpaired) electrons. The van der Waals surface area contributed by atoms with E-state index in [0.29, 0.717) is 5.56 Å². The highest BCUT2D eigenvalue weighted by Crippen LogP contribution is 2.07. The maximum atomic E-state index is 11.6. The summed E-state index contributed by atoms with van der Waals surface area (Å²) < 4.78 is 26.2. The van der Waals surface area contributed by atoms with Crippen molar-refractivity contribution >= 4 is 15.9 Å². The number of benzene rings is 1. The highest BCUT2D eigenvalue weighted by molar-refractivity contribution is 7.86. The lowest BCUT2D eigenvalue weighted by molar-refractivity contribution is 0.0827. The Morgan fingerprint density at radius 3 is 2.27 bits per heavy atom. The van der Waals surface area contributed by atoms with Crippen LogP contribution in [0.15, 0.2) is 30.3 Å². The Labute approximate surface area is 89.0 Å². The molecule has 15 heavy (non-hydrogen) atoms. The van der Waals surface area contributed by atoms with E-state index in [1.807, 2.05) is 0 Å². The van der Waals surface area contributed by atoms with Gasteiger partial charge < -0.3 is 0 Å². The second-order valence-electron chi connectivity index (χ2n) is 3.17. The van der Waals surface area contributed by atoms with E-state index in [9.17, 15) is 13.2 Å². The summed E-state index contributed by atoms with van der Waals surface area (Å²) >= 11 is 0. The fourth-order valence-corrected chi connectivity index (χ4v) is 1.75. The van der Waals surface area contributed by atoms with Gasteiger partial charge in [-0.15, -0.1) is 0 Å². The van der Waals surface area contributed by atoms with E-state index in [2.05, 4.69) is 4.18 Å². The van der Waals surface area contributed by atoms with Crippen LogP contribution in [-0.2, 0) is 14.3 Å². The lowest BCUT2D eigenvalue weighted by atomic mass is 10.1. The minimum Gasteiger partial charge on any atom is -0.291 e. The maximum Gasteiger partial charge on any atom is 0.265 e. The van der Waals surface area contributed by atoms with Crippen molar-refractivity contribution in [2.75, 3.05) is 6.26 Å². The molecule has 0 saturated heterocycles. The van der Waals surface area contributed by atoms with Crippen LogP contribution in [0.4, 0.5) is 0 Å². The number of carbonyl (C=O) groups excluding carboxylic acids is 1. The van der Waals surface area contributed by atoms with E-state index in [4.69, 9.17) is 0 Å². The second-order valence-corrected chi connectivity index (χ2v) is 4.77. The molecule has 0 bridgehead atoms. The summed E-state index contributed by atoms with van der Waals surface area (Å²) in [4.78, 5) is 11.6. The first-order valence-corrected chi connectivity index (χ1v) is 6.19. The fraction of sp³-hybridized carbons (Fsp3) is 0.300. The molecule has 0 aliphatic rings. The standard InChI is InChI=1S/C10H12O4S/c1-8(14-15(2,12)13)10(11)9-6-4-3-5-7-9/h3-8H,1-2H3/t8-/m1/s1. The van der Waals surface area contributed by atoms with Crippen molar-refractivity contribution in [1.82, 2.24) is 0 Å². The molecular weight excluding hydrogens is 216 g/mol. The molecule has 0 N–H and O–H groups in total. The van der Waals surface area contributed by atoms with Gasteiger partial charge in [-0.3, -0.25) is 8.98 Å². The molecule has 0 aromatic heterocycles. The first-order chi connectivity index (χ1) is 6.90. The van der Waals surface area contributed by atoms with Gasteiger partial charge in [0.25, 0.3) is 10.1 Å². The van der Waals surface area contributed by atoms with Crippen molar-refractivity contribution in [1.29, 1.82) is 0 Å². The first kappa shape index (κ1) is 11.9. The van der Waals surface area contributed by atoms with Gasteiger partial charge in [-0.25, -0.2) is 0 Å². The van der Waals surface area contributed by atoms with E-state index < -0.39 is 16.2 Å². The molecule has 0 amide bonds. The van der Waals surface area contributed by atoms with E-state index in [1.54, 1.807) is 30.3 Å². The molecule has 0 fully saturated rings. The van der Waals surface area contributed by atoms with E-state index in [0.717, 1.165) is 6.26 Å². The van der Waals surface area contributed by atoms with Crippen LogP contribution < -0.4 is 0 Å². The summed E-state index contributed by atoms with van der Waals surface area (Å²) in [5.41, 5.74) is 0.439. The van der Waals surface area contributed by atoms with Gasteiger partial charge in [0.2, 0.25) is 0 Å². The molecule has 0 unspecified atom stereocenters.